The predicted molar refractivity (Wildman–Crippen MR) is 82.6 cm³/mol. The minimum Gasteiger partial charge on any atom is -0.385 e. The zero-order chi connectivity index (χ0) is 14.5. The Kier molecular flexibility index (Phi) is 6.20. The van der Waals surface area contributed by atoms with Gasteiger partial charge >= 0.3 is 0 Å². The van der Waals surface area contributed by atoms with E-state index in [1.807, 2.05) is 6.07 Å². The molecule has 0 aliphatic heterocycles. The number of nitrogens with one attached hydrogen (secondary N) is 1. The Morgan fingerprint density at radius 1 is 1.37 bits per heavy atom. The van der Waals surface area contributed by atoms with Crippen molar-refractivity contribution < 1.29 is 4.74 Å². The van der Waals surface area contributed by atoms with E-state index in [1.54, 1.807) is 7.11 Å². The van der Waals surface area contributed by atoms with E-state index in [0.29, 0.717) is 5.92 Å². The number of anilines is 1. The number of hydrogen-bond acceptors (Lipinski definition) is 4. The van der Waals surface area contributed by atoms with Crippen molar-refractivity contribution in [3.05, 3.63) is 16.5 Å². The van der Waals surface area contributed by atoms with Gasteiger partial charge in [0.25, 0.3) is 0 Å². The van der Waals surface area contributed by atoms with E-state index < -0.39 is 0 Å². The van der Waals surface area contributed by atoms with Gasteiger partial charge in [0.1, 0.15) is 16.2 Å². The second-order valence-electron chi connectivity index (χ2n) is 5.85. The monoisotopic (exact) mass is 329 g/mol. The maximum Gasteiger partial charge on any atom is 0.134 e. The van der Waals surface area contributed by atoms with Crippen molar-refractivity contribution >= 4 is 21.7 Å². The largest absolute Gasteiger partial charge is 0.385 e. The van der Waals surface area contributed by atoms with E-state index in [9.17, 15) is 0 Å². The van der Waals surface area contributed by atoms with Crippen LogP contribution in [0.15, 0.2) is 10.7 Å². The summed E-state index contributed by atoms with van der Waals surface area (Å²) in [5.41, 5.74) is 0.172. The Bertz CT molecular complexity index is 408. The lowest BCUT2D eigenvalue weighted by atomic mass is 9.90. The molecule has 0 unspecified atom stereocenters. The zero-order valence-corrected chi connectivity index (χ0v) is 14.0. The molecule has 0 saturated carbocycles. The van der Waals surface area contributed by atoms with Gasteiger partial charge in [-0.1, -0.05) is 27.7 Å². The Hall–Kier alpha value is -0.680. The molecule has 1 aromatic heterocycles. The van der Waals surface area contributed by atoms with Gasteiger partial charge in [0.2, 0.25) is 0 Å². The molecule has 0 aromatic carbocycles. The molecule has 0 amide bonds. The number of halogens is 1. The summed E-state index contributed by atoms with van der Waals surface area (Å²) in [6.45, 7) is 10.3. The topological polar surface area (TPSA) is 47.0 Å². The van der Waals surface area contributed by atoms with Crippen LogP contribution in [0.2, 0.25) is 0 Å². The maximum atomic E-state index is 5.14. The third-order valence-electron chi connectivity index (χ3n) is 2.96. The Morgan fingerprint density at radius 2 is 2.05 bits per heavy atom. The minimum absolute atomic E-state index is 0.172. The van der Waals surface area contributed by atoms with Crippen LogP contribution in [0.1, 0.15) is 45.9 Å². The van der Waals surface area contributed by atoms with Crippen LogP contribution in [0, 0.1) is 5.41 Å². The van der Waals surface area contributed by atoms with Gasteiger partial charge in [-0.15, -0.1) is 0 Å². The first-order valence-electron chi connectivity index (χ1n) is 6.61. The molecular formula is C14H24BrN3O. The van der Waals surface area contributed by atoms with E-state index in [0.717, 1.165) is 35.8 Å². The second-order valence-corrected chi connectivity index (χ2v) is 6.66. The molecule has 0 aliphatic rings. The lowest BCUT2D eigenvalue weighted by molar-refractivity contribution is 0.157. The highest BCUT2D eigenvalue weighted by molar-refractivity contribution is 9.10. The zero-order valence-electron chi connectivity index (χ0n) is 12.5. The smallest absolute Gasteiger partial charge is 0.134 e. The normalized spacial score (nSPS) is 11.9. The Labute approximate surface area is 124 Å². The number of ether oxygens (including phenoxy) is 1. The van der Waals surface area contributed by atoms with Crippen molar-refractivity contribution in [3.8, 4) is 0 Å². The first kappa shape index (κ1) is 16.4. The first-order chi connectivity index (χ1) is 8.84. The van der Waals surface area contributed by atoms with Crippen molar-refractivity contribution in [1.29, 1.82) is 0 Å². The van der Waals surface area contributed by atoms with Crippen LogP contribution >= 0.6 is 15.9 Å². The number of hydrogen-bond donors (Lipinski definition) is 1. The molecule has 0 saturated heterocycles. The van der Waals surface area contributed by atoms with E-state index in [2.05, 4.69) is 58.9 Å². The van der Waals surface area contributed by atoms with Gasteiger partial charge in [-0.2, -0.15) is 0 Å². The molecular weight excluding hydrogens is 306 g/mol. The molecule has 19 heavy (non-hydrogen) atoms. The summed E-state index contributed by atoms with van der Waals surface area (Å²) >= 11 is 3.43. The van der Waals surface area contributed by atoms with E-state index in [-0.39, 0.29) is 5.41 Å². The summed E-state index contributed by atoms with van der Waals surface area (Å²) in [7, 11) is 1.74. The van der Waals surface area contributed by atoms with Gasteiger partial charge in [-0.3, -0.25) is 0 Å². The summed E-state index contributed by atoms with van der Waals surface area (Å²) in [5.74, 6) is 2.04. The van der Waals surface area contributed by atoms with Gasteiger partial charge in [0.05, 0.1) is 0 Å². The lowest BCUT2D eigenvalue weighted by Gasteiger charge is -2.25. The highest BCUT2D eigenvalue weighted by Gasteiger charge is 2.18. The maximum absolute atomic E-state index is 5.14. The standard InChI is InChI=1S/C14H24BrN3O/c1-10(2)13-17-11(15)8-12(18-13)16-9-14(3,4)6-7-19-5/h8,10H,6-7,9H2,1-5H3,(H,16,17,18). The molecule has 0 radical (unpaired) electrons. The molecule has 0 atom stereocenters. The average molecular weight is 330 g/mol. The SMILES string of the molecule is COCCC(C)(C)CNc1cc(Br)nc(C(C)C)n1. The van der Waals surface area contributed by atoms with Crippen molar-refractivity contribution in [1.82, 2.24) is 9.97 Å². The number of rotatable bonds is 7. The number of aromatic nitrogens is 2. The second kappa shape index (κ2) is 7.20. The van der Waals surface area contributed by atoms with Crippen LogP contribution in [0.3, 0.4) is 0 Å². The Balaban J connectivity index is 2.67. The summed E-state index contributed by atoms with van der Waals surface area (Å²) in [4.78, 5) is 8.91. The molecule has 1 heterocycles. The van der Waals surface area contributed by atoms with E-state index >= 15 is 0 Å². The molecule has 4 nitrogen and oxygen atoms in total. The third kappa shape index (κ3) is 5.87. The van der Waals surface area contributed by atoms with E-state index in [1.165, 1.54) is 0 Å². The van der Waals surface area contributed by atoms with Crippen LogP contribution < -0.4 is 5.32 Å². The fourth-order valence-corrected chi connectivity index (χ4v) is 1.98. The lowest BCUT2D eigenvalue weighted by Crippen LogP contribution is -2.25. The van der Waals surface area contributed by atoms with Crippen molar-refractivity contribution in [3.63, 3.8) is 0 Å². The minimum atomic E-state index is 0.172. The molecule has 1 rings (SSSR count). The van der Waals surface area contributed by atoms with Crippen LogP contribution in [-0.2, 0) is 4.74 Å². The van der Waals surface area contributed by atoms with Crippen LogP contribution in [0.25, 0.3) is 0 Å². The summed E-state index contributed by atoms with van der Waals surface area (Å²) < 4.78 is 5.96. The van der Waals surface area contributed by atoms with Crippen molar-refractivity contribution in [2.24, 2.45) is 5.41 Å². The average Bonchev–Trinajstić information content (AvgIpc) is 2.33. The van der Waals surface area contributed by atoms with Gasteiger partial charge < -0.3 is 10.1 Å². The molecule has 1 aromatic rings. The highest BCUT2D eigenvalue weighted by atomic mass is 79.9. The third-order valence-corrected chi connectivity index (χ3v) is 3.37. The van der Waals surface area contributed by atoms with Gasteiger partial charge in [0, 0.05) is 32.2 Å². The summed E-state index contributed by atoms with van der Waals surface area (Å²) in [6.07, 6.45) is 1.01. The molecule has 108 valence electrons. The van der Waals surface area contributed by atoms with Crippen molar-refractivity contribution in [2.45, 2.75) is 40.0 Å². The summed E-state index contributed by atoms with van der Waals surface area (Å²) in [5, 5.41) is 3.39. The van der Waals surface area contributed by atoms with Crippen molar-refractivity contribution in [2.75, 3.05) is 25.6 Å². The number of methoxy groups -OCH3 is 1. The number of nitrogens with zero attached hydrogens (tertiary/aromatic N) is 2. The van der Waals surface area contributed by atoms with Crippen LogP contribution in [-0.4, -0.2) is 30.2 Å². The molecule has 1 N–H and O–H groups in total. The first-order valence-corrected chi connectivity index (χ1v) is 7.40. The molecule has 0 spiro atoms. The summed E-state index contributed by atoms with van der Waals surface area (Å²) in [6, 6.07) is 1.91. The quantitative estimate of drug-likeness (QED) is 0.772. The van der Waals surface area contributed by atoms with Gasteiger partial charge in [0.15, 0.2) is 0 Å². The molecule has 0 bridgehead atoms. The van der Waals surface area contributed by atoms with Crippen LogP contribution in [0.4, 0.5) is 5.82 Å². The highest BCUT2D eigenvalue weighted by Crippen LogP contribution is 2.22. The Morgan fingerprint density at radius 3 is 2.63 bits per heavy atom. The van der Waals surface area contributed by atoms with Gasteiger partial charge in [-0.05, 0) is 27.8 Å². The predicted octanol–water partition coefficient (Wildman–Crippen LogP) is 3.84. The fourth-order valence-electron chi connectivity index (χ4n) is 1.58. The van der Waals surface area contributed by atoms with E-state index in [4.69, 9.17) is 4.74 Å². The van der Waals surface area contributed by atoms with Crippen LogP contribution in [0.5, 0.6) is 0 Å². The molecule has 0 fully saturated rings. The fraction of sp³-hybridized carbons (Fsp3) is 0.714. The molecule has 0 aliphatic carbocycles. The molecule has 5 heteroatoms. The van der Waals surface area contributed by atoms with Gasteiger partial charge in [-0.25, -0.2) is 9.97 Å².